The molecule has 0 saturated heterocycles. The molecule has 0 saturated carbocycles. The Hall–Kier alpha value is -0.420. The van der Waals surface area contributed by atoms with Crippen LogP contribution in [-0.2, 0) is 0 Å². The van der Waals surface area contributed by atoms with Gasteiger partial charge in [-0.25, -0.2) is 4.79 Å². The van der Waals surface area contributed by atoms with Gasteiger partial charge in [0.1, 0.15) is 0 Å². The van der Waals surface area contributed by atoms with Crippen LogP contribution in [0.3, 0.4) is 0 Å². The normalized spacial score (nSPS) is 32.2. The fourth-order valence-corrected chi connectivity index (χ4v) is 5.22. The van der Waals surface area contributed by atoms with Crippen LogP contribution in [0.2, 0.25) is 0 Å². The Morgan fingerprint density at radius 1 is 1.67 bits per heavy atom. The van der Waals surface area contributed by atoms with Crippen molar-refractivity contribution in [2.45, 2.75) is 19.1 Å². The first-order valence-electron chi connectivity index (χ1n) is 3.51. The maximum atomic E-state index is 10.9. The average Bonchev–Trinajstić information content (AvgIpc) is 2.35. The molecule has 0 fully saturated rings. The van der Waals surface area contributed by atoms with E-state index in [0.717, 1.165) is 0 Å². The van der Waals surface area contributed by atoms with Gasteiger partial charge in [0.2, 0.25) is 0 Å². The summed E-state index contributed by atoms with van der Waals surface area (Å²) >= 11 is 0. The van der Waals surface area contributed by atoms with Crippen molar-refractivity contribution in [2.24, 2.45) is 4.99 Å². The molecular weight excluding hydrogens is 194 g/mol. The van der Waals surface area contributed by atoms with Gasteiger partial charge in [0, 0.05) is 11.4 Å². The molecule has 0 spiro atoms. The molecule has 0 aromatic rings. The van der Waals surface area contributed by atoms with Crippen LogP contribution in [0.1, 0.15) is 13.8 Å². The third-order valence-electron chi connectivity index (χ3n) is 1.19. The van der Waals surface area contributed by atoms with Gasteiger partial charge in [-0.15, -0.1) is 0 Å². The van der Waals surface area contributed by atoms with Crippen molar-refractivity contribution in [3.63, 3.8) is 0 Å². The van der Waals surface area contributed by atoms with Crippen LogP contribution in [0.4, 0.5) is 4.79 Å². The van der Waals surface area contributed by atoms with E-state index in [0.29, 0.717) is 5.25 Å². The van der Waals surface area contributed by atoms with Crippen molar-refractivity contribution in [1.82, 2.24) is 0 Å². The molecule has 5 heteroatoms. The standard InChI is InChI=1S/C7H11NO2S2/c1-6(2)11-12(7(9)10)4-3-8-5-12/h3-6H,1-2H3,(H,9,10). The predicted molar refractivity (Wildman–Crippen MR) is 56.0 cm³/mol. The summed E-state index contributed by atoms with van der Waals surface area (Å²) < 4.78 is 0. The van der Waals surface area contributed by atoms with Gasteiger partial charge in [-0.3, -0.25) is 4.99 Å². The second kappa shape index (κ2) is 3.53. The maximum Gasteiger partial charge on any atom is 0.364 e. The van der Waals surface area contributed by atoms with Gasteiger partial charge in [-0.2, -0.15) is 0 Å². The molecule has 1 N–H and O–H groups in total. The zero-order valence-corrected chi connectivity index (χ0v) is 8.56. The van der Waals surface area contributed by atoms with Crippen molar-refractivity contribution in [3.05, 3.63) is 11.6 Å². The molecule has 1 aliphatic heterocycles. The van der Waals surface area contributed by atoms with Crippen LogP contribution in [-0.4, -0.2) is 21.2 Å². The van der Waals surface area contributed by atoms with E-state index < -0.39 is 14.4 Å². The molecule has 1 aliphatic rings. The average molecular weight is 205 g/mol. The molecule has 1 atom stereocenters. The second-order valence-corrected chi connectivity index (χ2v) is 8.09. The van der Waals surface area contributed by atoms with E-state index in [2.05, 4.69) is 4.99 Å². The molecular formula is C7H11NO2S2. The fourth-order valence-electron chi connectivity index (χ4n) is 0.806. The lowest BCUT2D eigenvalue weighted by Gasteiger charge is -2.24. The van der Waals surface area contributed by atoms with Crippen molar-refractivity contribution < 1.29 is 9.90 Å². The van der Waals surface area contributed by atoms with Crippen LogP contribution < -0.4 is 0 Å². The van der Waals surface area contributed by atoms with Crippen molar-refractivity contribution in [1.29, 1.82) is 0 Å². The SMILES string of the molecule is CC(C)SS1(C(=O)O)C=CN=C1. The first kappa shape index (κ1) is 9.67. The minimum Gasteiger partial charge on any atom is -0.473 e. The molecule has 0 aromatic carbocycles. The lowest BCUT2D eigenvalue weighted by atomic mass is 10.6. The summed E-state index contributed by atoms with van der Waals surface area (Å²) in [7, 11) is -0.351. The summed E-state index contributed by atoms with van der Waals surface area (Å²) in [5.41, 5.74) is 1.56. The van der Waals surface area contributed by atoms with E-state index in [-0.39, 0.29) is 0 Å². The molecule has 0 bridgehead atoms. The molecule has 0 amide bonds. The number of rotatable bonds is 2. The summed E-state index contributed by atoms with van der Waals surface area (Å²) in [4.78, 5) is 14.8. The maximum absolute atomic E-state index is 10.9. The fraction of sp³-hybridized carbons (Fsp3) is 0.429. The molecule has 1 unspecified atom stereocenters. The third kappa shape index (κ3) is 1.84. The van der Waals surface area contributed by atoms with Gasteiger partial charge >= 0.3 is 5.30 Å². The van der Waals surface area contributed by atoms with E-state index in [4.69, 9.17) is 5.11 Å². The molecule has 1 rings (SSSR count). The highest BCUT2D eigenvalue weighted by Gasteiger charge is 2.31. The Labute approximate surface area is 76.7 Å². The largest absolute Gasteiger partial charge is 0.473 e. The van der Waals surface area contributed by atoms with E-state index in [1.165, 1.54) is 10.8 Å². The van der Waals surface area contributed by atoms with Crippen molar-refractivity contribution >= 4 is 30.7 Å². The first-order valence-corrected chi connectivity index (χ1v) is 6.67. The van der Waals surface area contributed by atoms with Crippen LogP contribution in [0.25, 0.3) is 0 Å². The highest BCUT2D eigenvalue weighted by molar-refractivity contribution is 9.06. The molecule has 0 aromatic heterocycles. The van der Waals surface area contributed by atoms with Gasteiger partial charge in [-0.1, -0.05) is 24.6 Å². The number of aliphatic imine (C=N–C) groups is 1. The first-order chi connectivity index (χ1) is 5.57. The Bertz CT molecular complexity index is 236. The lowest BCUT2D eigenvalue weighted by molar-refractivity contribution is 0.222. The summed E-state index contributed by atoms with van der Waals surface area (Å²) in [6.07, 6.45) is 1.57. The summed E-state index contributed by atoms with van der Waals surface area (Å²) in [5, 5.41) is 10.2. The number of carboxylic acid groups (broad SMARTS) is 1. The number of hydrogen-bond acceptors (Lipinski definition) is 3. The number of hydrogen-bond donors (Lipinski definition) is 1. The van der Waals surface area contributed by atoms with Gasteiger partial charge in [0.25, 0.3) is 0 Å². The van der Waals surface area contributed by atoms with Gasteiger partial charge in [-0.05, 0) is 14.5 Å². The monoisotopic (exact) mass is 205 g/mol. The quantitative estimate of drug-likeness (QED) is 0.705. The highest BCUT2D eigenvalue weighted by atomic mass is 33.2. The summed E-state index contributed by atoms with van der Waals surface area (Å²) in [5.74, 6) is 0. The van der Waals surface area contributed by atoms with E-state index in [9.17, 15) is 4.79 Å². The zero-order valence-electron chi connectivity index (χ0n) is 6.93. The topological polar surface area (TPSA) is 49.7 Å². The molecule has 3 nitrogen and oxygen atoms in total. The second-order valence-electron chi connectivity index (χ2n) is 2.60. The van der Waals surface area contributed by atoms with E-state index in [1.807, 2.05) is 13.8 Å². The summed E-state index contributed by atoms with van der Waals surface area (Å²) in [6, 6.07) is 0. The van der Waals surface area contributed by atoms with E-state index in [1.54, 1.807) is 17.2 Å². The van der Waals surface area contributed by atoms with Gasteiger partial charge < -0.3 is 5.11 Å². The van der Waals surface area contributed by atoms with Gasteiger partial charge in [0.05, 0.1) is 5.55 Å². The van der Waals surface area contributed by atoms with Crippen LogP contribution in [0.5, 0.6) is 0 Å². The van der Waals surface area contributed by atoms with Gasteiger partial charge in [0.15, 0.2) is 0 Å². The molecule has 1 heterocycles. The van der Waals surface area contributed by atoms with Crippen molar-refractivity contribution in [3.8, 4) is 0 Å². The Balaban J connectivity index is 2.81. The van der Waals surface area contributed by atoms with Crippen LogP contribution in [0.15, 0.2) is 16.6 Å². The third-order valence-corrected chi connectivity index (χ3v) is 6.53. The smallest absolute Gasteiger partial charge is 0.364 e. The molecule has 0 aliphatic carbocycles. The zero-order chi connectivity index (χ0) is 9.19. The highest BCUT2D eigenvalue weighted by Crippen LogP contribution is 2.62. The minimum absolute atomic E-state index is 0.310. The Morgan fingerprint density at radius 2 is 2.33 bits per heavy atom. The number of carbonyl (C=O) groups is 1. The van der Waals surface area contributed by atoms with Crippen molar-refractivity contribution in [2.75, 3.05) is 0 Å². The Morgan fingerprint density at radius 3 is 2.67 bits per heavy atom. The Kier molecular flexibility index (Phi) is 2.85. The van der Waals surface area contributed by atoms with Crippen LogP contribution in [0, 0.1) is 0 Å². The predicted octanol–water partition coefficient (Wildman–Crippen LogP) is 3.04. The molecule has 12 heavy (non-hydrogen) atoms. The summed E-state index contributed by atoms with van der Waals surface area (Å²) in [6.45, 7) is 3.98. The number of nitrogens with zero attached hydrogens (tertiary/aromatic N) is 1. The lowest BCUT2D eigenvalue weighted by Crippen LogP contribution is -2.05. The van der Waals surface area contributed by atoms with Crippen LogP contribution >= 0.6 is 19.9 Å². The minimum atomic E-state index is -1.82. The molecule has 68 valence electrons. The van der Waals surface area contributed by atoms with E-state index >= 15 is 0 Å². The molecule has 0 radical (unpaired) electrons.